The smallest absolute Gasteiger partial charge is 0.155 e. The molecule has 54 valence electrons. The summed E-state index contributed by atoms with van der Waals surface area (Å²) in [7, 11) is 0. The van der Waals surface area contributed by atoms with Gasteiger partial charge in [0.25, 0.3) is 0 Å². The molecular formula is C6H12O3. The molecule has 3 heteroatoms. The monoisotopic (exact) mass is 132 g/mol. The predicted molar refractivity (Wildman–Crippen MR) is 33.2 cm³/mol. The van der Waals surface area contributed by atoms with Crippen molar-refractivity contribution < 1.29 is 14.6 Å². The summed E-state index contributed by atoms with van der Waals surface area (Å²) in [4.78, 5) is 10.2. The van der Waals surface area contributed by atoms with Crippen LogP contribution in [0.2, 0.25) is 0 Å². The second kappa shape index (κ2) is 4.47. The Morgan fingerprint density at radius 2 is 2.33 bits per heavy atom. The number of carbonyl (C=O) groups is 1. The first kappa shape index (κ1) is 8.59. The van der Waals surface area contributed by atoms with Crippen LogP contribution in [0.15, 0.2) is 0 Å². The molecule has 0 saturated carbocycles. The zero-order valence-electron chi connectivity index (χ0n) is 5.76. The van der Waals surface area contributed by atoms with Crippen molar-refractivity contribution in [2.75, 3.05) is 13.2 Å². The molecule has 0 radical (unpaired) electrons. The summed E-state index contributed by atoms with van der Waals surface area (Å²) in [5.74, 6) is -0.0179. The van der Waals surface area contributed by atoms with E-state index in [9.17, 15) is 4.79 Å². The molecule has 0 aliphatic heterocycles. The largest absolute Gasteiger partial charge is 0.391 e. The number of ketones is 1. The zero-order chi connectivity index (χ0) is 7.28. The Kier molecular flexibility index (Phi) is 4.26. The van der Waals surface area contributed by atoms with Gasteiger partial charge in [0.15, 0.2) is 5.78 Å². The van der Waals surface area contributed by atoms with Gasteiger partial charge in [0.2, 0.25) is 0 Å². The topological polar surface area (TPSA) is 46.5 Å². The zero-order valence-corrected chi connectivity index (χ0v) is 5.76. The fourth-order valence-electron chi connectivity index (χ4n) is 0.373. The lowest BCUT2D eigenvalue weighted by Crippen LogP contribution is -2.13. The van der Waals surface area contributed by atoms with E-state index in [2.05, 4.69) is 0 Å². The molecule has 3 nitrogen and oxygen atoms in total. The molecule has 1 N–H and O–H groups in total. The van der Waals surface area contributed by atoms with Crippen molar-refractivity contribution in [2.45, 2.75) is 20.0 Å². The molecule has 0 aliphatic carbocycles. The van der Waals surface area contributed by atoms with Crippen LogP contribution in [0.5, 0.6) is 0 Å². The molecule has 0 bridgehead atoms. The van der Waals surface area contributed by atoms with Crippen molar-refractivity contribution in [1.82, 2.24) is 0 Å². The van der Waals surface area contributed by atoms with Crippen molar-refractivity contribution in [3.05, 3.63) is 0 Å². The summed E-state index contributed by atoms with van der Waals surface area (Å²) < 4.78 is 4.76. The highest BCUT2D eigenvalue weighted by Crippen LogP contribution is 1.82. The van der Waals surface area contributed by atoms with Crippen molar-refractivity contribution >= 4 is 5.78 Å². The van der Waals surface area contributed by atoms with Gasteiger partial charge in [-0.3, -0.25) is 4.79 Å². The Labute approximate surface area is 54.6 Å². The average molecular weight is 132 g/mol. The highest BCUT2D eigenvalue weighted by Gasteiger charge is 1.96. The Morgan fingerprint density at radius 3 is 2.67 bits per heavy atom. The molecule has 9 heavy (non-hydrogen) atoms. The number of hydrogen-bond acceptors (Lipinski definition) is 3. The van der Waals surface area contributed by atoms with E-state index in [1.54, 1.807) is 6.92 Å². The van der Waals surface area contributed by atoms with E-state index in [0.717, 1.165) is 0 Å². The van der Waals surface area contributed by atoms with Gasteiger partial charge >= 0.3 is 0 Å². The third-order valence-electron chi connectivity index (χ3n) is 0.664. The first-order valence-electron chi connectivity index (χ1n) is 2.88. The number of hydrogen-bond donors (Lipinski definition) is 1. The van der Waals surface area contributed by atoms with Crippen LogP contribution >= 0.6 is 0 Å². The Balaban J connectivity index is 3.01. The molecule has 1 atom stereocenters. The molecule has 0 aromatic carbocycles. The lowest BCUT2D eigenvalue weighted by atomic mass is 10.4. The molecule has 0 rings (SSSR count). The molecule has 0 aromatic rings. The fraction of sp³-hybridized carbons (Fsp3) is 0.833. The normalized spacial score (nSPS) is 13.2. The van der Waals surface area contributed by atoms with Crippen LogP contribution in [0.25, 0.3) is 0 Å². The highest BCUT2D eigenvalue weighted by molar-refractivity contribution is 5.76. The second-order valence-electron chi connectivity index (χ2n) is 2.07. The van der Waals surface area contributed by atoms with Crippen LogP contribution < -0.4 is 0 Å². The van der Waals surface area contributed by atoms with E-state index in [4.69, 9.17) is 9.84 Å². The first-order chi connectivity index (χ1) is 4.13. The lowest BCUT2D eigenvalue weighted by Gasteiger charge is -2.02. The van der Waals surface area contributed by atoms with Gasteiger partial charge in [-0.05, 0) is 13.8 Å². The lowest BCUT2D eigenvalue weighted by molar-refractivity contribution is -0.122. The fourth-order valence-corrected chi connectivity index (χ4v) is 0.373. The van der Waals surface area contributed by atoms with Crippen molar-refractivity contribution in [3.63, 3.8) is 0 Å². The minimum Gasteiger partial charge on any atom is -0.391 e. The maximum Gasteiger partial charge on any atom is 0.155 e. The predicted octanol–water partition coefficient (Wildman–Crippen LogP) is -0.0272. The minimum atomic E-state index is -0.482. The number of aliphatic hydroxyl groups excluding tert-OH is 1. The standard InChI is InChI=1S/C6H12O3/c1-5(7)3-9-4-6(2)8/h5,7H,3-4H2,1-2H3. The van der Waals surface area contributed by atoms with Crippen molar-refractivity contribution in [3.8, 4) is 0 Å². The van der Waals surface area contributed by atoms with Gasteiger partial charge in [0, 0.05) is 0 Å². The molecule has 0 saturated heterocycles. The van der Waals surface area contributed by atoms with E-state index >= 15 is 0 Å². The van der Waals surface area contributed by atoms with Crippen LogP contribution in [-0.2, 0) is 9.53 Å². The quantitative estimate of drug-likeness (QED) is 0.584. The second-order valence-corrected chi connectivity index (χ2v) is 2.07. The van der Waals surface area contributed by atoms with Crippen LogP contribution in [0.1, 0.15) is 13.8 Å². The Bertz CT molecular complexity index is 88.3. The third kappa shape index (κ3) is 7.59. The van der Waals surface area contributed by atoms with Gasteiger partial charge in [0.1, 0.15) is 6.61 Å². The maximum atomic E-state index is 10.2. The van der Waals surface area contributed by atoms with Crippen molar-refractivity contribution in [1.29, 1.82) is 0 Å². The van der Waals surface area contributed by atoms with Crippen LogP contribution in [0.4, 0.5) is 0 Å². The van der Waals surface area contributed by atoms with Gasteiger partial charge in [-0.2, -0.15) is 0 Å². The number of rotatable bonds is 4. The summed E-state index contributed by atoms with van der Waals surface area (Å²) in [5, 5.41) is 8.63. The SMILES string of the molecule is CC(=O)COCC(C)O. The number of aliphatic hydroxyl groups is 1. The molecule has 1 unspecified atom stereocenters. The van der Waals surface area contributed by atoms with Gasteiger partial charge in [-0.15, -0.1) is 0 Å². The van der Waals surface area contributed by atoms with Gasteiger partial charge in [-0.25, -0.2) is 0 Å². The minimum absolute atomic E-state index is 0.0179. The third-order valence-corrected chi connectivity index (χ3v) is 0.664. The molecule has 0 amide bonds. The van der Waals surface area contributed by atoms with E-state index in [1.807, 2.05) is 0 Å². The summed E-state index contributed by atoms with van der Waals surface area (Å²) in [5.41, 5.74) is 0. The Morgan fingerprint density at radius 1 is 1.78 bits per heavy atom. The number of Topliss-reactive ketones (excluding diaryl/α,β-unsaturated/α-hetero) is 1. The van der Waals surface area contributed by atoms with Gasteiger partial charge in [-0.1, -0.05) is 0 Å². The molecule has 0 aromatic heterocycles. The maximum absolute atomic E-state index is 10.2. The van der Waals surface area contributed by atoms with Crippen LogP contribution in [-0.4, -0.2) is 30.2 Å². The van der Waals surface area contributed by atoms with Crippen LogP contribution in [0, 0.1) is 0 Å². The van der Waals surface area contributed by atoms with E-state index < -0.39 is 6.10 Å². The first-order valence-corrected chi connectivity index (χ1v) is 2.88. The molecule has 0 heterocycles. The highest BCUT2D eigenvalue weighted by atomic mass is 16.5. The number of carbonyl (C=O) groups excluding carboxylic acids is 1. The van der Waals surface area contributed by atoms with Gasteiger partial charge < -0.3 is 9.84 Å². The Hall–Kier alpha value is -0.410. The van der Waals surface area contributed by atoms with E-state index in [1.165, 1.54) is 6.92 Å². The summed E-state index contributed by atoms with van der Waals surface area (Å²) in [6.07, 6.45) is -0.482. The van der Waals surface area contributed by atoms with E-state index in [-0.39, 0.29) is 19.0 Å². The van der Waals surface area contributed by atoms with Crippen LogP contribution in [0.3, 0.4) is 0 Å². The molecular weight excluding hydrogens is 120 g/mol. The summed E-state index contributed by atoms with van der Waals surface area (Å²) in [6.45, 7) is 3.40. The van der Waals surface area contributed by atoms with Crippen molar-refractivity contribution in [2.24, 2.45) is 0 Å². The van der Waals surface area contributed by atoms with E-state index in [0.29, 0.717) is 0 Å². The molecule has 0 aliphatic rings. The summed E-state index contributed by atoms with van der Waals surface area (Å²) in [6, 6.07) is 0. The molecule has 0 spiro atoms. The summed E-state index contributed by atoms with van der Waals surface area (Å²) >= 11 is 0. The average Bonchev–Trinajstić information content (AvgIpc) is 1.63. The van der Waals surface area contributed by atoms with Gasteiger partial charge in [0.05, 0.1) is 12.7 Å². The molecule has 0 fully saturated rings. The number of ether oxygens (including phenoxy) is 1.